The Kier molecular flexibility index (Phi) is 4.82. The molecule has 0 aromatic carbocycles. The van der Waals surface area contributed by atoms with Gasteiger partial charge < -0.3 is 14.7 Å². The summed E-state index contributed by atoms with van der Waals surface area (Å²) in [7, 11) is 2.23. The number of hydrogen-bond acceptors (Lipinski definition) is 4. The lowest BCUT2D eigenvalue weighted by atomic mass is 9.57. The topological polar surface area (TPSA) is 41.3 Å². The molecule has 1 N–H and O–H groups in total. The van der Waals surface area contributed by atoms with Crippen molar-refractivity contribution < 1.29 is 4.52 Å². The molecule has 4 nitrogen and oxygen atoms in total. The zero-order valence-electron chi connectivity index (χ0n) is 16.4. The Morgan fingerprint density at radius 1 is 1.29 bits per heavy atom. The molecule has 0 amide bonds. The highest BCUT2D eigenvalue weighted by Gasteiger charge is 2.48. The van der Waals surface area contributed by atoms with Gasteiger partial charge in [0.05, 0.1) is 5.69 Å². The van der Waals surface area contributed by atoms with E-state index in [2.05, 4.69) is 63.1 Å². The van der Waals surface area contributed by atoms with Gasteiger partial charge in [0, 0.05) is 23.6 Å². The molecule has 0 spiro atoms. The Balaban J connectivity index is 1.53. The maximum atomic E-state index is 5.55. The molecule has 136 valence electrons. The average Bonchev–Trinajstić information content (AvgIpc) is 2.97. The number of aromatic nitrogens is 1. The van der Waals surface area contributed by atoms with Gasteiger partial charge >= 0.3 is 0 Å². The minimum atomic E-state index is 0.0403. The number of rotatable bonds is 4. The highest BCUT2D eigenvalue weighted by molar-refractivity contribution is 5.16. The molecule has 4 heteroatoms. The third kappa shape index (κ3) is 3.70. The van der Waals surface area contributed by atoms with Crippen LogP contribution in [0.15, 0.2) is 10.6 Å². The van der Waals surface area contributed by atoms with Crippen LogP contribution in [0.3, 0.4) is 0 Å². The molecule has 1 aromatic heterocycles. The zero-order chi connectivity index (χ0) is 17.5. The Hall–Kier alpha value is -0.870. The lowest BCUT2D eigenvalue weighted by Crippen LogP contribution is -2.60. The van der Waals surface area contributed by atoms with Crippen molar-refractivity contribution in [1.29, 1.82) is 0 Å². The van der Waals surface area contributed by atoms with Crippen LogP contribution >= 0.6 is 0 Å². The molecule has 0 bridgehead atoms. The molecule has 1 saturated heterocycles. The van der Waals surface area contributed by atoms with Gasteiger partial charge in [0.25, 0.3) is 0 Å². The predicted molar refractivity (Wildman–Crippen MR) is 98.2 cm³/mol. The smallest absolute Gasteiger partial charge is 0.142 e. The molecule has 24 heavy (non-hydrogen) atoms. The summed E-state index contributed by atoms with van der Waals surface area (Å²) in [5, 5.41) is 8.26. The number of hydrogen-bond donors (Lipinski definition) is 1. The van der Waals surface area contributed by atoms with Crippen LogP contribution in [0.1, 0.15) is 65.3 Å². The minimum absolute atomic E-state index is 0.0403. The first-order valence-corrected chi connectivity index (χ1v) is 9.57. The fourth-order valence-electron chi connectivity index (χ4n) is 4.12. The summed E-state index contributed by atoms with van der Waals surface area (Å²) >= 11 is 0. The zero-order valence-corrected chi connectivity index (χ0v) is 16.4. The van der Waals surface area contributed by atoms with Crippen molar-refractivity contribution in [2.45, 2.75) is 77.8 Å². The normalized spacial score (nSPS) is 28.8. The van der Waals surface area contributed by atoms with Crippen LogP contribution in [0.4, 0.5) is 0 Å². The summed E-state index contributed by atoms with van der Waals surface area (Å²) in [4.78, 5) is 2.43. The molecule has 2 aliphatic rings. The third-order valence-corrected chi connectivity index (χ3v) is 6.38. The van der Waals surface area contributed by atoms with Gasteiger partial charge in [-0.05, 0) is 57.2 Å². The first-order valence-electron chi connectivity index (χ1n) is 9.57. The summed E-state index contributed by atoms with van der Waals surface area (Å²) in [6, 6.07) is 3.50. The van der Waals surface area contributed by atoms with E-state index < -0.39 is 0 Å². The van der Waals surface area contributed by atoms with Crippen LogP contribution in [-0.4, -0.2) is 42.3 Å². The van der Waals surface area contributed by atoms with E-state index >= 15 is 0 Å². The van der Waals surface area contributed by atoms with Crippen molar-refractivity contribution in [2.24, 2.45) is 11.3 Å². The second-order valence-electron chi connectivity index (χ2n) is 9.69. The molecule has 1 aliphatic carbocycles. The van der Waals surface area contributed by atoms with Crippen molar-refractivity contribution in [3.8, 4) is 0 Å². The molecule has 3 rings (SSSR count). The van der Waals surface area contributed by atoms with E-state index in [0.717, 1.165) is 17.9 Å². The van der Waals surface area contributed by atoms with Gasteiger partial charge in [-0.15, -0.1) is 0 Å². The summed E-state index contributed by atoms with van der Waals surface area (Å²) < 4.78 is 5.55. The fourth-order valence-corrected chi connectivity index (χ4v) is 4.12. The largest absolute Gasteiger partial charge is 0.361 e. The van der Waals surface area contributed by atoms with Crippen molar-refractivity contribution >= 4 is 0 Å². The monoisotopic (exact) mass is 333 g/mol. The van der Waals surface area contributed by atoms with Crippen molar-refractivity contribution in [1.82, 2.24) is 15.4 Å². The predicted octanol–water partition coefficient (Wildman–Crippen LogP) is 3.61. The number of nitrogens with one attached hydrogen (secondary N) is 1. The van der Waals surface area contributed by atoms with Crippen molar-refractivity contribution in [2.75, 3.05) is 20.1 Å². The quantitative estimate of drug-likeness (QED) is 0.914. The molecule has 1 aromatic rings. The summed E-state index contributed by atoms with van der Waals surface area (Å²) in [6.45, 7) is 13.8. The van der Waals surface area contributed by atoms with E-state index in [1.54, 1.807) is 0 Å². The number of likely N-dealkylation sites (tertiary alicyclic amines) is 1. The van der Waals surface area contributed by atoms with Gasteiger partial charge in [-0.2, -0.15) is 0 Å². The number of nitrogens with zero attached hydrogens (tertiary/aromatic N) is 2. The van der Waals surface area contributed by atoms with Crippen LogP contribution in [0, 0.1) is 11.3 Å². The van der Waals surface area contributed by atoms with Crippen molar-refractivity contribution in [3.63, 3.8) is 0 Å². The molecule has 2 atom stereocenters. The standard InChI is InChI=1S/C20H35N3O/c1-19(2,3)18-13-16(22-24-18)11-14-12-17(20(14,4)5)21-15-7-9-23(6)10-8-15/h13-15,17,21H,7-12H2,1-6H3. The summed E-state index contributed by atoms with van der Waals surface area (Å²) in [5.74, 6) is 1.69. The first kappa shape index (κ1) is 17.9. The van der Waals surface area contributed by atoms with Gasteiger partial charge in [0.15, 0.2) is 0 Å². The van der Waals surface area contributed by atoms with Crippen LogP contribution in [-0.2, 0) is 11.8 Å². The molecule has 1 aliphatic heterocycles. The van der Waals surface area contributed by atoms with Gasteiger partial charge in [0.2, 0.25) is 0 Å². The Bertz CT molecular complexity index is 549. The van der Waals surface area contributed by atoms with E-state index in [1.807, 2.05) is 0 Å². The maximum Gasteiger partial charge on any atom is 0.142 e. The first-order chi connectivity index (χ1) is 11.2. The second kappa shape index (κ2) is 6.45. The van der Waals surface area contributed by atoms with Crippen LogP contribution in [0.2, 0.25) is 0 Å². The van der Waals surface area contributed by atoms with Gasteiger partial charge in [-0.25, -0.2) is 0 Å². The summed E-state index contributed by atoms with van der Waals surface area (Å²) in [5.41, 5.74) is 1.50. The van der Waals surface area contributed by atoms with E-state index in [0.29, 0.717) is 23.4 Å². The molecule has 2 heterocycles. The maximum absolute atomic E-state index is 5.55. The Morgan fingerprint density at radius 2 is 1.96 bits per heavy atom. The lowest BCUT2D eigenvalue weighted by molar-refractivity contribution is 0.00205. The Labute approximate surface area is 147 Å². The minimum Gasteiger partial charge on any atom is -0.361 e. The fraction of sp³-hybridized carbons (Fsp3) is 0.850. The average molecular weight is 334 g/mol. The molecular weight excluding hydrogens is 298 g/mol. The summed E-state index contributed by atoms with van der Waals surface area (Å²) in [6.07, 6.45) is 4.87. The van der Waals surface area contributed by atoms with E-state index in [-0.39, 0.29) is 5.41 Å². The van der Waals surface area contributed by atoms with E-state index in [1.165, 1.54) is 32.4 Å². The Morgan fingerprint density at radius 3 is 2.50 bits per heavy atom. The SMILES string of the molecule is CN1CCC(NC2CC(Cc3cc(C(C)(C)C)on3)C2(C)C)CC1. The highest BCUT2D eigenvalue weighted by atomic mass is 16.5. The van der Waals surface area contributed by atoms with Gasteiger partial charge in [-0.3, -0.25) is 0 Å². The van der Waals surface area contributed by atoms with Gasteiger partial charge in [0.1, 0.15) is 5.76 Å². The molecule has 0 radical (unpaired) electrons. The van der Waals surface area contributed by atoms with Gasteiger partial charge in [-0.1, -0.05) is 39.8 Å². The third-order valence-electron chi connectivity index (χ3n) is 6.38. The van der Waals surface area contributed by atoms with E-state index in [4.69, 9.17) is 4.52 Å². The molecule has 2 unspecified atom stereocenters. The molecule has 2 fully saturated rings. The van der Waals surface area contributed by atoms with Crippen molar-refractivity contribution in [3.05, 3.63) is 17.5 Å². The molecule has 1 saturated carbocycles. The second-order valence-corrected chi connectivity index (χ2v) is 9.69. The molecular formula is C20H35N3O. The van der Waals surface area contributed by atoms with Crippen LogP contribution in [0.25, 0.3) is 0 Å². The highest BCUT2D eigenvalue weighted by Crippen LogP contribution is 2.48. The van der Waals surface area contributed by atoms with E-state index in [9.17, 15) is 0 Å². The van der Waals surface area contributed by atoms with Crippen LogP contribution < -0.4 is 5.32 Å². The lowest BCUT2D eigenvalue weighted by Gasteiger charge is -2.54. The van der Waals surface area contributed by atoms with Crippen LogP contribution in [0.5, 0.6) is 0 Å². The number of piperidine rings is 1.